The summed E-state index contributed by atoms with van der Waals surface area (Å²) in [5, 5.41) is 5.48. The van der Waals surface area contributed by atoms with E-state index >= 15 is 0 Å². The molecule has 0 unspecified atom stereocenters. The minimum Gasteiger partial charge on any atom is -0.453 e. The zero-order valence-electron chi connectivity index (χ0n) is 33.0. The number of imidazole rings is 2. The van der Waals surface area contributed by atoms with Gasteiger partial charge in [-0.05, 0) is 73.4 Å². The molecule has 4 heterocycles. The Bertz CT molecular complexity index is 2100. The van der Waals surface area contributed by atoms with Crippen molar-refractivity contribution in [2.75, 3.05) is 27.3 Å². The third-order valence-electron chi connectivity index (χ3n) is 11.2. The fourth-order valence-corrected chi connectivity index (χ4v) is 7.52. The van der Waals surface area contributed by atoms with Gasteiger partial charge in [0.2, 0.25) is 11.8 Å². The largest absolute Gasteiger partial charge is 0.453 e. The summed E-state index contributed by atoms with van der Waals surface area (Å²) in [5.41, 5.74) is 5.07. The summed E-state index contributed by atoms with van der Waals surface area (Å²) < 4.78 is 9.59. The Hall–Kier alpha value is -5.84. The number of amides is 4. The van der Waals surface area contributed by atoms with E-state index in [1.54, 1.807) is 6.20 Å². The summed E-state index contributed by atoms with van der Waals surface area (Å²) in [6.45, 7) is 9.06. The molecule has 0 spiro atoms. The number of hydrogen-bond donors (Lipinski definition) is 4. The smallest absolute Gasteiger partial charge is 0.407 e. The van der Waals surface area contributed by atoms with Crippen LogP contribution in [0.5, 0.6) is 0 Å². The number of aromatic nitrogens is 4. The summed E-state index contributed by atoms with van der Waals surface area (Å²) in [6, 6.07) is 11.9. The second-order valence-electron chi connectivity index (χ2n) is 14.7. The van der Waals surface area contributed by atoms with E-state index in [-0.39, 0.29) is 35.7 Å². The molecule has 2 saturated heterocycles. The zero-order chi connectivity index (χ0) is 39.9. The Morgan fingerprint density at radius 3 is 1.88 bits per heavy atom. The molecule has 0 saturated carbocycles. The van der Waals surface area contributed by atoms with E-state index in [1.165, 1.54) is 14.2 Å². The standard InChI is InChI=1S/C42H52N8O6/c1-7-25(3)35(47-41(53)55-5)39(51)49-21-9-11-33(49)37-43-24-32(46-37)29-18-15-27(16-19-29)13-14-28-17-20-30-31(23-28)45-38(44-30)34-12-10-22-50(34)40(52)36(26(4)8-2)48-42(54)56-6/h15-20,23-26,33-36H,7-12,21-22H2,1-6H3,(H,43,46)(H,44,45)(H,47,53)(H,48,54)/t25-,26-,33-,34-,35-,36-/m0/s1. The normalized spacial score (nSPS) is 18.8. The molecule has 6 atom stereocenters. The Morgan fingerprint density at radius 2 is 1.32 bits per heavy atom. The molecule has 296 valence electrons. The van der Waals surface area contributed by atoms with Gasteiger partial charge >= 0.3 is 12.2 Å². The highest BCUT2D eigenvalue weighted by atomic mass is 16.5. The molecule has 4 N–H and O–H groups in total. The molecule has 2 aliphatic heterocycles. The molecule has 2 aromatic carbocycles. The fraction of sp³-hybridized carbons (Fsp3) is 0.476. The number of carbonyl (C=O) groups excluding carboxylic acids is 4. The molecule has 0 bridgehead atoms. The van der Waals surface area contributed by atoms with Crippen molar-refractivity contribution in [3.05, 3.63) is 71.4 Å². The molecule has 2 fully saturated rings. The van der Waals surface area contributed by atoms with Crippen molar-refractivity contribution in [1.82, 2.24) is 40.4 Å². The van der Waals surface area contributed by atoms with Crippen LogP contribution in [0, 0.1) is 23.7 Å². The van der Waals surface area contributed by atoms with Crippen LogP contribution in [0.25, 0.3) is 22.3 Å². The lowest BCUT2D eigenvalue weighted by molar-refractivity contribution is -0.136. The molecule has 0 aliphatic carbocycles. The number of nitrogens with one attached hydrogen (secondary N) is 4. The van der Waals surface area contributed by atoms with E-state index in [2.05, 4.69) is 37.4 Å². The SMILES string of the molecule is CC[C@H](C)[C@H](NC(=O)OC)C(=O)N1CCC[C@H]1c1ncc(-c2ccc(C#Cc3ccc4nc([C@@H]5CCCN5C(=O)[C@@H](NC(=O)OC)[C@@H](C)CC)[nH]c4c3)cc2)[nH]1. The van der Waals surface area contributed by atoms with E-state index in [0.717, 1.165) is 71.9 Å². The van der Waals surface area contributed by atoms with Gasteiger partial charge in [0.05, 0.1) is 49.2 Å². The first kappa shape index (κ1) is 39.8. The minimum absolute atomic E-state index is 0.0582. The molecule has 4 amide bonds. The van der Waals surface area contributed by atoms with Crippen molar-refractivity contribution in [3.8, 4) is 23.1 Å². The first-order chi connectivity index (χ1) is 27.0. The summed E-state index contributed by atoms with van der Waals surface area (Å²) in [5.74, 6) is 7.57. The van der Waals surface area contributed by atoms with Crippen LogP contribution < -0.4 is 10.6 Å². The monoisotopic (exact) mass is 764 g/mol. The average molecular weight is 765 g/mol. The number of methoxy groups -OCH3 is 2. The number of benzene rings is 2. The van der Waals surface area contributed by atoms with Crippen molar-refractivity contribution < 1.29 is 28.7 Å². The number of nitrogens with zero attached hydrogens (tertiary/aromatic N) is 4. The maximum atomic E-state index is 13.7. The van der Waals surface area contributed by atoms with Gasteiger partial charge in [-0.2, -0.15) is 0 Å². The quantitative estimate of drug-likeness (QED) is 0.130. The van der Waals surface area contributed by atoms with Crippen LogP contribution in [0.4, 0.5) is 9.59 Å². The van der Waals surface area contributed by atoms with Gasteiger partial charge in [0.15, 0.2) is 0 Å². The van der Waals surface area contributed by atoms with Gasteiger partial charge in [-0.3, -0.25) is 9.59 Å². The molecular weight excluding hydrogens is 713 g/mol. The van der Waals surface area contributed by atoms with E-state index < -0.39 is 24.3 Å². The van der Waals surface area contributed by atoms with Crippen LogP contribution in [-0.4, -0.2) is 93.1 Å². The van der Waals surface area contributed by atoms with Gasteiger partial charge in [-0.15, -0.1) is 0 Å². The van der Waals surface area contributed by atoms with Crippen molar-refractivity contribution in [3.63, 3.8) is 0 Å². The lowest BCUT2D eigenvalue weighted by Gasteiger charge is -2.30. The molecule has 2 aromatic heterocycles. The first-order valence-corrected chi connectivity index (χ1v) is 19.5. The van der Waals surface area contributed by atoms with E-state index in [9.17, 15) is 19.2 Å². The predicted molar refractivity (Wildman–Crippen MR) is 211 cm³/mol. The molecule has 6 rings (SSSR count). The number of fused-ring (bicyclic) bond motifs is 1. The molecule has 14 nitrogen and oxygen atoms in total. The fourth-order valence-electron chi connectivity index (χ4n) is 7.52. The summed E-state index contributed by atoms with van der Waals surface area (Å²) >= 11 is 0. The Labute approximate surface area is 327 Å². The topological polar surface area (TPSA) is 175 Å². The third kappa shape index (κ3) is 8.67. The van der Waals surface area contributed by atoms with Gasteiger partial charge in [-0.1, -0.05) is 64.5 Å². The van der Waals surface area contributed by atoms with Gasteiger partial charge in [0, 0.05) is 24.2 Å². The number of rotatable bonds is 11. The Balaban J connectivity index is 1.12. The number of carbonyl (C=O) groups is 4. The number of alkyl carbamates (subject to hydrolysis) is 2. The van der Waals surface area contributed by atoms with Crippen molar-refractivity contribution in [2.24, 2.45) is 11.8 Å². The summed E-state index contributed by atoms with van der Waals surface area (Å²) in [4.78, 5) is 71.5. The lowest BCUT2D eigenvalue weighted by atomic mass is 9.97. The number of likely N-dealkylation sites (tertiary alicyclic amines) is 2. The first-order valence-electron chi connectivity index (χ1n) is 19.5. The number of hydrogen-bond acceptors (Lipinski definition) is 8. The van der Waals surface area contributed by atoms with Crippen LogP contribution in [-0.2, 0) is 19.1 Å². The van der Waals surface area contributed by atoms with Crippen LogP contribution in [0.15, 0.2) is 48.7 Å². The van der Waals surface area contributed by atoms with Crippen molar-refractivity contribution in [2.45, 2.75) is 90.4 Å². The van der Waals surface area contributed by atoms with Crippen LogP contribution in [0.1, 0.15) is 101 Å². The van der Waals surface area contributed by atoms with Crippen LogP contribution >= 0.6 is 0 Å². The number of aromatic amines is 2. The Kier molecular flexibility index (Phi) is 12.6. The molecular formula is C42H52N8O6. The second-order valence-corrected chi connectivity index (χ2v) is 14.7. The van der Waals surface area contributed by atoms with Crippen LogP contribution in [0.3, 0.4) is 0 Å². The average Bonchev–Trinajstić information content (AvgIpc) is 4.06. The summed E-state index contributed by atoms with van der Waals surface area (Å²) in [7, 11) is 2.59. The minimum atomic E-state index is -0.683. The lowest BCUT2D eigenvalue weighted by Crippen LogP contribution is -2.51. The van der Waals surface area contributed by atoms with Gasteiger partial charge in [0.25, 0.3) is 0 Å². The maximum Gasteiger partial charge on any atom is 0.407 e. The molecule has 56 heavy (non-hydrogen) atoms. The second kappa shape index (κ2) is 17.7. The van der Waals surface area contributed by atoms with Gasteiger partial charge < -0.3 is 39.9 Å². The molecule has 2 aliphatic rings. The third-order valence-corrected chi connectivity index (χ3v) is 11.2. The van der Waals surface area contributed by atoms with E-state index in [4.69, 9.17) is 14.5 Å². The predicted octanol–water partition coefficient (Wildman–Crippen LogP) is 6.22. The maximum absolute atomic E-state index is 13.7. The highest BCUT2D eigenvalue weighted by Crippen LogP contribution is 2.34. The van der Waals surface area contributed by atoms with Gasteiger partial charge in [0.1, 0.15) is 23.7 Å². The molecule has 14 heteroatoms. The highest BCUT2D eigenvalue weighted by Gasteiger charge is 2.39. The summed E-state index contributed by atoms with van der Waals surface area (Å²) in [6.07, 6.45) is 5.24. The van der Waals surface area contributed by atoms with Crippen LogP contribution in [0.2, 0.25) is 0 Å². The molecule has 0 radical (unpaired) electrons. The van der Waals surface area contributed by atoms with Crippen molar-refractivity contribution in [1.29, 1.82) is 0 Å². The zero-order valence-corrected chi connectivity index (χ0v) is 33.0. The highest BCUT2D eigenvalue weighted by molar-refractivity contribution is 5.87. The number of ether oxygens (including phenoxy) is 2. The van der Waals surface area contributed by atoms with Crippen molar-refractivity contribution >= 4 is 35.0 Å². The van der Waals surface area contributed by atoms with E-state index in [0.29, 0.717) is 24.7 Å². The van der Waals surface area contributed by atoms with Gasteiger partial charge in [-0.25, -0.2) is 19.6 Å². The van der Waals surface area contributed by atoms with E-state index in [1.807, 2.05) is 80.0 Å². The Morgan fingerprint density at radius 1 is 0.786 bits per heavy atom. The molecule has 4 aromatic rings. The number of H-pyrrole nitrogens is 2.